The molecule has 2 amide bonds. The first-order chi connectivity index (χ1) is 17.2. The van der Waals surface area contributed by atoms with E-state index in [1.807, 2.05) is 71.4 Å². The molecule has 0 bridgehead atoms. The molecular weight excluding hydrogens is 441 g/mol. The van der Waals surface area contributed by atoms with Crippen LogP contribution in [0.1, 0.15) is 35.2 Å². The van der Waals surface area contributed by atoms with Crippen LogP contribution in [0.5, 0.6) is 0 Å². The number of carbonyl (C=O) groups excluding carboxylic acids is 1. The van der Waals surface area contributed by atoms with Gasteiger partial charge in [-0.05, 0) is 23.6 Å². The van der Waals surface area contributed by atoms with Gasteiger partial charge in [-0.1, -0.05) is 78.9 Å². The first kappa shape index (κ1) is 22.5. The van der Waals surface area contributed by atoms with Gasteiger partial charge < -0.3 is 9.47 Å². The normalized spacial score (nSPS) is 16.7. The minimum atomic E-state index is -0.638. The molecule has 1 aromatic heterocycles. The number of nitrogens with zero attached hydrogens (tertiary/aromatic N) is 4. The molecule has 1 aliphatic heterocycles. The smallest absolute Gasteiger partial charge is 0.323 e. The summed E-state index contributed by atoms with van der Waals surface area (Å²) in [6.07, 6.45) is 6.05. The lowest BCUT2D eigenvalue weighted by Crippen LogP contribution is -2.31. The monoisotopic (exact) mass is 467 g/mol. The summed E-state index contributed by atoms with van der Waals surface area (Å²) in [5.74, 6) is 0.0812. The number of carbonyl (C=O) groups is 1. The van der Waals surface area contributed by atoms with Crippen LogP contribution in [0.15, 0.2) is 109 Å². The number of rotatable bonds is 8. The standard InChI is InChI=1S/C28H26FN5O/c29-24-15-8-7-14-23(24)26-27(32-28(35)34(26)18-9-17-33-19-16-30-20-33)31-25(21-10-3-1-4-11-21)22-12-5-2-6-13-22/h1-8,10-16,19-20,25-26H,9,17-18H2,(H,31,32,35). The quantitative estimate of drug-likeness (QED) is 0.379. The fourth-order valence-corrected chi connectivity index (χ4v) is 4.45. The number of nitrogens with one attached hydrogen (secondary N) is 1. The summed E-state index contributed by atoms with van der Waals surface area (Å²) in [6, 6.07) is 25.2. The zero-order valence-electron chi connectivity index (χ0n) is 19.2. The van der Waals surface area contributed by atoms with Gasteiger partial charge in [-0.3, -0.25) is 10.3 Å². The zero-order valence-corrected chi connectivity index (χ0v) is 19.2. The fraction of sp³-hybridized carbons (Fsp3) is 0.179. The number of amidine groups is 1. The third-order valence-corrected chi connectivity index (χ3v) is 6.14. The molecule has 0 radical (unpaired) electrons. The van der Waals surface area contributed by atoms with E-state index in [2.05, 4.69) is 10.3 Å². The third kappa shape index (κ3) is 4.99. The van der Waals surface area contributed by atoms with Crippen LogP contribution < -0.4 is 5.32 Å². The van der Waals surface area contributed by atoms with Gasteiger partial charge in [0.2, 0.25) is 0 Å². The Morgan fingerprint density at radius 2 is 1.57 bits per heavy atom. The number of aliphatic imine (C=N–C) groups is 1. The van der Waals surface area contributed by atoms with Gasteiger partial charge >= 0.3 is 6.03 Å². The summed E-state index contributed by atoms with van der Waals surface area (Å²) >= 11 is 0. The van der Waals surface area contributed by atoms with E-state index in [1.165, 1.54) is 6.07 Å². The molecule has 6 nitrogen and oxygen atoms in total. The maximum absolute atomic E-state index is 15.0. The number of hydrogen-bond donors (Lipinski definition) is 1. The van der Waals surface area contributed by atoms with Crippen molar-refractivity contribution in [1.29, 1.82) is 0 Å². The van der Waals surface area contributed by atoms with Crippen molar-refractivity contribution in [3.8, 4) is 0 Å². The number of aromatic nitrogens is 2. The summed E-state index contributed by atoms with van der Waals surface area (Å²) in [6.45, 7) is 1.15. The molecule has 3 aromatic carbocycles. The minimum absolute atomic E-state index is 0.275. The van der Waals surface area contributed by atoms with Crippen molar-refractivity contribution in [2.75, 3.05) is 6.54 Å². The van der Waals surface area contributed by atoms with Crippen LogP contribution >= 0.6 is 0 Å². The van der Waals surface area contributed by atoms with Gasteiger partial charge in [-0.25, -0.2) is 14.2 Å². The summed E-state index contributed by atoms with van der Waals surface area (Å²) in [5, 5.41) is 2.94. The molecule has 4 aromatic rings. The molecular formula is C28H26FN5O. The Morgan fingerprint density at radius 3 is 2.20 bits per heavy atom. The molecule has 1 aliphatic rings. The van der Waals surface area contributed by atoms with Crippen LogP contribution in [0, 0.1) is 5.82 Å². The zero-order chi connectivity index (χ0) is 24.0. The van der Waals surface area contributed by atoms with Gasteiger partial charge in [0, 0.05) is 31.0 Å². The maximum atomic E-state index is 15.0. The van der Waals surface area contributed by atoms with Crippen molar-refractivity contribution < 1.29 is 9.18 Å². The predicted molar refractivity (Wildman–Crippen MR) is 133 cm³/mol. The lowest BCUT2D eigenvalue weighted by Gasteiger charge is -2.24. The van der Waals surface area contributed by atoms with Gasteiger partial charge in [-0.2, -0.15) is 0 Å². The second-order valence-corrected chi connectivity index (χ2v) is 8.44. The molecule has 1 unspecified atom stereocenters. The predicted octanol–water partition coefficient (Wildman–Crippen LogP) is 5.37. The van der Waals surface area contributed by atoms with E-state index in [0.717, 1.165) is 11.1 Å². The number of halogens is 1. The van der Waals surface area contributed by atoms with Crippen LogP contribution in [0.2, 0.25) is 0 Å². The van der Waals surface area contributed by atoms with E-state index >= 15 is 4.39 Å². The van der Waals surface area contributed by atoms with E-state index in [-0.39, 0.29) is 17.9 Å². The molecule has 5 rings (SSSR count). The summed E-state index contributed by atoms with van der Waals surface area (Å²) in [4.78, 5) is 23.9. The van der Waals surface area contributed by atoms with E-state index in [0.29, 0.717) is 30.9 Å². The van der Waals surface area contributed by atoms with E-state index in [1.54, 1.807) is 35.6 Å². The first-order valence-electron chi connectivity index (χ1n) is 11.7. The highest BCUT2D eigenvalue weighted by Gasteiger charge is 2.39. The Morgan fingerprint density at radius 1 is 0.914 bits per heavy atom. The lowest BCUT2D eigenvalue weighted by molar-refractivity contribution is 0.203. The van der Waals surface area contributed by atoms with Crippen molar-refractivity contribution in [2.45, 2.75) is 25.0 Å². The van der Waals surface area contributed by atoms with E-state index < -0.39 is 6.04 Å². The number of amides is 2. The van der Waals surface area contributed by atoms with Gasteiger partial charge in [0.25, 0.3) is 0 Å². The molecule has 1 saturated heterocycles. The van der Waals surface area contributed by atoms with Gasteiger partial charge in [-0.15, -0.1) is 0 Å². The van der Waals surface area contributed by atoms with E-state index in [4.69, 9.17) is 4.99 Å². The number of benzene rings is 3. The highest BCUT2D eigenvalue weighted by atomic mass is 19.1. The Balaban J connectivity index is 1.52. The Kier molecular flexibility index (Phi) is 6.66. The van der Waals surface area contributed by atoms with Crippen molar-refractivity contribution in [2.24, 2.45) is 4.99 Å². The maximum Gasteiger partial charge on any atom is 0.323 e. The van der Waals surface area contributed by atoms with Crippen LogP contribution in [-0.2, 0) is 6.54 Å². The average molecular weight is 468 g/mol. The molecule has 1 atom stereocenters. The van der Waals surface area contributed by atoms with Crippen molar-refractivity contribution in [3.05, 3.63) is 126 Å². The largest absolute Gasteiger partial charge is 0.337 e. The molecule has 1 N–H and O–H groups in total. The first-order valence-corrected chi connectivity index (χ1v) is 11.7. The number of aryl methyl sites for hydroxylation is 1. The van der Waals surface area contributed by atoms with Crippen molar-refractivity contribution in [3.63, 3.8) is 0 Å². The Hall–Kier alpha value is -4.26. The number of urea groups is 1. The van der Waals surface area contributed by atoms with Crippen molar-refractivity contribution >= 4 is 11.9 Å². The highest BCUT2D eigenvalue weighted by Crippen LogP contribution is 2.33. The topological polar surface area (TPSA) is 62.5 Å². The van der Waals surface area contributed by atoms with Crippen LogP contribution in [0.4, 0.5) is 9.18 Å². The molecule has 176 valence electrons. The molecule has 0 saturated carbocycles. The molecule has 35 heavy (non-hydrogen) atoms. The Labute approximate surface area is 203 Å². The van der Waals surface area contributed by atoms with Gasteiger partial charge in [0.15, 0.2) is 0 Å². The SMILES string of the molecule is O=C1NC(=NC(c2ccccc2)c2ccccc2)C(c2ccccc2F)N1CCCn1ccnc1. The molecule has 1 fully saturated rings. The minimum Gasteiger partial charge on any atom is -0.337 e. The molecule has 0 spiro atoms. The number of hydrogen-bond acceptors (Lipinski definition) is 3. The van der Waals surface area contributed by atoms with Crippen LogP contribution in [0.25, 0.3) is 0 Å². The van der Waals surface area contributed by atoms with E-state index in [9.17, 15) is 4.79 Å². The average Bonchev–Trinajstić information content (AvgIpc) is 3.52. The molecule has 0 aliphatic carbocycles. The second-order valence-electron chi connectivity index (χ2n) is 8.44. The molecule has 7 heteroatoms. The summed E-state index contributed by atoms with van der Waals surface area (Å²) in [5.41, 5.74) is 2.41. The summed E-state index contributed by atoms with van der Waals surface area (Å²) in [7, 11) is 0. The van der Waals surface area contributed by atoms with Gasteiger partial charge in [0.1, 0.15) is 23.7 Å². The van der Waals surface area contributed by atoms with Crippen molar-refractivity contribution in [1.82, 2.24) is 19.8 Å². The molecule has 2 heterocycles. The summed E-state index contributed by atoms with van der Waals surface area (Å²) < 4.78 is 17.0. The highest BCUT2D eigenvalue weighted by molar-refractivity contribution is 6.07. The number of imidazole rings is 1. The lowest BCUT2D eigenvalue weighted by atomic mass is 9.98. The van der Waals surface area contributed by atoms with Crippen LogP contribution in [-0.4, -0.2) is 32.9 Å². The third-order valence-electron chi connectivity index (χ3n) is 6.14. The Bertz CT molecular complexity index is 1250. The fourth-order valence-electron chi connectivity index (χ4n) is 4.45. The van der Waals surface area contributed by atoms with Gasteiger partial charge in [0.05, 0.1) is 6.33 Å². The van der Waals surface area contributed by atoms with Crippen LogP contribution in [0.3, 0.4) is 0 Å². The second kappa shape index (κ2) is 10.3.